The number of nitrogens with zero attached hydrogens (tertiary/aromatic N) is 1. The molecular weight excluding hydrogens is 226 g/mol. The van der Waals surface area contributed by atoms with Crippen LogP contribution in [0.25, 0.3) is 0 Å². The van der Waals surface area contributed by atoms with E-state index in [9.17, 15) is 14.4 Å². The molecule has 7 nitrogen and oxygen atoms in total. The molecule has 7 heteroatoms. The molecule has 92 valence electrons. The smallest absolute Gasteiger partial charge is 0.323 e. The number of carboxylic acid groups (broad SMARTS) is 1. The number of carboxylic acids is 1. The van der Waals surface area contributed by atoms with E-state index in [-0.39, 0.29) is 23.9 Å². The van der Waals surface area contributed by atoms with Gasteiger partial charge in [0, 0.05) is 25.7 Å². The molecule has 2 rings (SSSR count). The Labute approximate surface area is 96.4 Å². The Morgan fingerprint density at radius 1 is 1.53 bits per heavy atom. The predicted molar refractivity (Wildman–Crippen MR) is 57.7 cm³/mol. The van der Waals surface area contributed by atoms with Gasteiger partial charge in [0.1, 0.15) is 5.69 Å². The Balaban J connectivity index is 1.99. The fourth-order valence-corrected chi connectivity index (χ4v) is 2.05. The first-order valence-corrected chi connectivity index (χ1v) is 5.35. The van der Waals surface area contributed by atoms with Gasteiger partial charge in [0.15, 0.2) is 0 Å². The van der Waals surface area contributed by atoms with Gasteiger partial charge in [-0.25, -0.2) is 4.79 Å². The van der Waals surface area contributed by atoms with Crippen LogP contribution in [0.4, 0.5) is 0 Å². The number of imidazole rings is 1. The molecule has 1 aliphatic heterocycles. The highest BCUT2D eigenvalue weighted by Gasteiger charge is 2.28. The van der Waals surface area contributed by atoms with E-state index in [0.717, 1.165) is 0 Å². The van der Waals surface area contributed by atoms with Gasteiger partial charge in [0.05, 0.1) is 0 Å². The number of amides is 1. The maximum atomic E-state index is 11.9. The van der Waals surface area contributed by atoms with Crippen molar-refractivity contribution in [3.8, 4) is 0 Å². The Hall–Kier alpha value is -2.05. The molecule has 1 aromatic heterocycles. The molecule has 3 N–H and O–H groups in total. The number of hydrogen-bond acceptors (Lipinski definition) is 3. The van der Waals surface area contributed by atoms with Crippen molar-refractivity contribution in [3.63, 3.8) is 0 Å². The highest BCUT2D eigenvalue weighted by molar-refractivity contribution is 5.92. The summed E-state index contributed by atoms with van der Waals surface area (Å²) >= 11 is 0. The van der Waals surface area contributed by atoms with Gasteiger partial charge in [-0.05, 0) is 12.3 Å². The van der Waals surface area contributed by atoms with E-state index in [4.69, 9.17) is 5.11 Å². The zero-order valence-electron chi connectivity index (χ0n) is 9.10. The van der Waals surface area contributed by atoms with Crippen LogP contribution < -0.4 is 5.69 Å². The number of carbonyl (C=O) groups is 2. The first kappa shape index (κ1) is 11.4. The normalized spacial score (nSPS) is 19.5. The van der Waals surface area contributed by atoms with Crippen LogP contribution in [0.1, 0.15) is 23.3 Å². The van der Waals surface area contributed by atoms with Crippen LogP contribution >= 0.6 is 0 Å². The van der Waals surface area contributed by atoms with Crippen LogP contribution in [0.3, 0.4) is 0 Å². The van der Waals surface area contributed by atoms with Gasteiger partial charge in [-0.15, -0.1) is 0 Å². The molecule has 2 heterocycles. The molecule has 0 aromatic carbocycles. The molecular formula is C10H13N3O4. The highest BCUT2D eigenvalue weighted by Crippen LogP contribution is 2.20. The molecule has 1 amide bonds. The van der Waals surface area contributed by atoms with Crippen molar-refractivity contribution >= 4 is 11.9 Å². The van der Waals surface area contributed by atoms with Crippen molar-refractivity contribution in [3.05, 3.63) is 22.4 Å². The number of hydrogen-bond donors (Lipinski definition) is 3. The third-order valence-corrected chi connectivity index (χ3v) is 2.86. The third kappa shape index (κ3) is 2.55. The van der Waals surface area contributed by atoms with Crippen LogP contribution in [-0.2, 0) is 4.79 Å². The second-order valence-electron chi connectivity index (χ2n) is 4.16. The van der Waals surface area contributed by atoms with Crippen LogP contribution in [-0.4, -0.2) is 44.9 Å². The minimum absolute atomic E-state index is 0.00196. The minimum Gasteiger partial charge on any atom is -0.481 e. The van der Waals surface area contributed by atoms with E-state index in [1.807, 2.05) is 0 Å². The highest BCUT2D eigenvalue weighted by atomic mass is 16.4. The van der Waals surface area contributed by atoms with Crippen LogP contribution in [0.15, 0.2) is 11.0 Å². The van der Waals surface area contributed by atoms with E-state index in [0.29, 0.717) is 19.5 Å². The number of H-pyrrole nitrogens is 2. The van der Waals surface area contributed by atoms with E-state index in [2.05, 4.69) is 9.97 Å². The van der Waals surface area contributed by atoms with E-state index in [1.54, 1.807) is 4.90 Å². The predicted octanol–water partition coefficient (Wildman–Crippen LogP) is -0.360. The van der Waals surface area contributed by atoms with Gasteiger partial charge in [0.25, 0.3) is 5.91 Å². The zero-order valence-corrected chi connectivity index (χ0v) is 9.10. The molecule has 0 aliphatic carbocycles. The van der Waals surface area contributed by atoms with Gasteiger partial charge in [-0.3, -0.25) is 9.59 Å². The monoisotopic (exact) mass is 239 g/mol. The van der Waals surface area contributed by atoms with Crippen molar-refractivity contribution in [2.45, 2.75) is 12.8 Å². The first-order valence-electron chi connectivity index (χ1n) is 5.35. The number of aliphatic carboxylic acids is 1. The number of carbonyl (C=O) groups excluding carboxylic acids is 1. The Bertz CT molecular complexity index is 490. The van der Waals surface area contributed by atoms with Crippen LogP contribution in [0.2, 0.25) is 0 Å². The minimum atomic E-state index is -0.848. The second kappa shape index (κ2) is 4.44. The van der Waals surface area contributed by atoms with Crippen molar-refractivity contribution < 1.29 is 14.7 Å². The lowest BCUT2D eigenvalue weighted by Crippen LogP contribution is -2.29. The summed E-state index contributed by atoms with van der Waals surface area (Å²) in [6, 6.07) is 0. The average Bonchev–Trinajstić information content (AvgIpc) is 2.85. The van der Waals surface area contributed by atoms with Gasteiger partial charge >= 0.3 is 11.7 Å². The second-order valence-corrected chi connectivity index (χ2v) is 4.16. The summed E-state index contributed by atoms with van der Waals surface area (Å²) in [7, 11) is 0. The fraction of sp³-hybridized carbons (Fsp3) is 0.500. The summed E-state index contributed by atoms with van der Waals surface area (Å²) in [6.07, 6.45) is 2.09. The molecule has 0 bridgehead atoms. The molecule has 0 spiro atoms. The average molecular weight is 239 g/mol. The largest absolute Gasteiger partial charge is 0.481 e. The molecule has 1 aromatic rings. The lowest BCUT2D eigenvalue weighted by atomic mass is 10.1. The molecule has 1 atom stereocenters. The molecule has 17 heavy (non-hydrogen) atoms. The molecule has 0 radical (unpaired) electrons. The first-order chi connectivity index (χ1) is 8.06. The van der Waals surface area contributed by atoms with Gasteiger partial charge in [-0.1, -0.05) is 0 Å². The lowest BCUT2D eigenvalue weighted by molar-refractivity contribution is -0.138. The summed E-state index contributed by atoms with van der Waals surface area (Å²) < 4.78 is 0. The Morgan fingerprint density at radius 3 is 2.88 bits per heavy atom. The van der Waals surface area contributed by atoms with E-state index >= 15 is 0 Å². The van der Waals surface area contributed by atoms with Gasteiger partial charge < -0.3 is 20.0 Å². The van der Waals surface area contributed by atoms with Crippen LogP contribution in [0, 0.1) is 5.92 Å². The van der Waals surface area contributed by atoms with Gasteiger partial charge in [-0.2, -0.15) is 0 Å². The van der Waals surface area contributed by atoms with Crippen molar-refractivity contribution in [2.75, 3.05) is 13.1 Å². The van der Waals surface area contributed by atoms with Gasteiger partial charge in [0.2, 0.25) is 0 Å². The molecule has 1 aliphatic rings. The van der Waals surface area contributed by atoms with Crippen molar-refractivity contribution in [2.24, 2.45) is 5.92 Å². The molecule has 1 fully saturated rings. The fourth-order valence-electron chi connectivity index (χ4n) is 2.05. The van der Waals surface area contributed by atoms with Crippen molar-refractivity contribution in [1.82, 2.24) is 14.9 Å². The Kier molecular flexibility index (Phi) is 2.99. The topological polar surface area (TPSA) is 106 Å². The maximum Gasteiger partial charge on any atom is 0.323 e. The summed E-state index contributed by atoms with van der Waals surface area (Å²) in [5.41, 5.74) is -0.208. The quantitative estimate of drug-likeness (QED) is 0.669. The summed E-state index contributed by atoms with van der Waals surface area (Å²) in [6.45, 7) is 0.961. The summed E-state index contributed by atoms with van der Waals surface area (Å²) in [4.78, 5) is 39.6. The number of nitrogens with one attached hydrogen (secondary N) is 2. The Morgan fingerprint density at radius 2 is 2.29 bits per heavy atom. The number of aromatic amines is 2. The maximum absolute atomic E-state index is 11.9. The van der Waals surface area contributed by atoms with Crippen molar-refractivity contribution in [1.29, 1.82) is 0 Å². The van der Waals surface area contributed by atoms with Crippen LogP contribution in [0.5, 0.6) is 0 Å². The lowest BCUT2D eigenvalue weighted by Gasteiger charge is -2.14. The van der Waals surface area contributed by atoms with E-state index < -0.39 is 11.7 Å². The molecule has 1 saturated heterocycles. The van der Waals surface area contributed by atoms with E-state index in [1.165, 1.54) is 6.20 Å². The summed E-state index contributed by atoms with van der Waals surface area (Å²) in [5, 5.41) is 8.66. The number of likely N-dealkylation sites (tertiary alicyclic amines) is 1. The SMILES string of the molecule is O=C(O)CC1CCN(C(=O)c2c[nH]c(=O)[nH]2)C1. The number of rotatable bonds is 3. The third-order valence-electron chi connectivity index (χ3n) is 2.86. The molecule has 1 unspecified atom stereocenters. The summed E-state index contributed by atoms with van der Waals surface area (Å²) in [5.74, 6) is -1.11. The zero-order chi connectivity index (χ0) is 12.4. The number of aromatic nitrogens is 2. The molecule has 0 saturated carbocycles. The standard InChI is InChI=1S/C10H13N3O4/c14-8(15)3-6-1-2-13(5-6)9(16)7-4-11-10(17)12-7/h4,6H,1-3,5H2,(H,14,15)(H2,11,12,17).